The number of nitrogens with zero attached hydrogens (tertiary/aromatic N) is 1. The summed E-state index contributed by atoms with van der Waals surface area (Å²) in [5.41, 5.74) is 3.68. The Kier molecular flexibility index (Phi) is 3.80. The molecule has 0 saturated carbocycles. The number of hydrogen-bond acceptors (Lipinski definition) is 4. The number of aryl methyl sites for hydroxylation is 1. The number of aromatic carboxylic acids is 1. The first kappa shape index (κ1) is 13.3. The summed E-state index contributed by atoms with van der Waals surface area (Å²) in [6.45, 7) is 0.636. The molecule has 1 aromatic carbocycles. The second-order valence-corrected chi connectivity index (χ2v) is 5.90. The number of fused-ring (bicyclic) bond motifs is 1. The van der Waals surface area contributed by atoms with E-state index in [9.17, 15) is 4.79 Å². The number of hydrogen-bond donors (Lipinski definition) is 2. The number of aromatic nitrogens is 1. The first-order valence-corrected chi connectivity index (χ1v) is 7.58. The van der Waals surface area contributed by atoms with Crippen LogP contribution in [0, 0.1) is 0 Å². The van der Waals surface area contributed by atoms with Crippen LogP contribution in [0.15, 0.2) is 29.6 Å². The Morgan fingerprint density at radius 1 is 1.40 bits per heavy atom. The van der Waals surface area contributed by atoms with Crippen molar-refractivity contribution >= 4 is 17.3 Å². The van der Waals surface area contributed by atoms with Crippen molar-refractivity contribution in [2.24, 2.45) is 0 Å². The maximum absolute atomic E-state index is 10.8. The second-order valence-electron chi connectivity index (χ2n) is 5.04. The summed E-state index contributed by atoms with van der Waals surface area (Å²) in [4.78, 5) is 14.9. The van der Waals surface area contributed by atoms with E-state index in [1.807, 2.05) is 5.38 Å². The van der Waals surface area contributed by atoms with Crippen LogP contribution in [0.25, 0.3) is 0 Å². The molecule has 1 heterocycles. The number of carboxylic acid groups (broad SMARTS) is 1. The molecule has 0 fully saturated rings. The van der Waals surface area contributed by atoms with E-state index in [1.165, 1.54) is 22.5 Å². The molecule has 2 N–H and O–H groups in total. The molecule has 104 valence electrons. The molecule has 20 heavy (non-hydrogen) atoms. The average molecular weight is 288 g/mol. The van der Waals surface area contributed by atoms with Crippen LogP contribution in [0.4, 0.5) is 0 Å². The zero-order valence-electron chi connectivity index (χ0n) is 11.0. The van der Waals surface area contributed by atoms with E-state index in [4.69, 9.17) is 5.11 Å². The lowest BCUT2D eigenvalue weighted by atomic mass is 9.88. The Hall–Kier alpha value is -1.72. The highest BCUT2D eigenvalue weighted by molar-refractivity contribution is 7.11. The summed E-state index contributed by atoms with van der Waals surface area (Å²) in [5, 5.41) is 14.3. The van der Waals surface area contributed by atoms with E-state index in [2.05, 4.69) is 34.6 Å². The summed E-state index contributed by atoms with van der Waals surface area (Å²) >= 11 is 1.18. The molecule has 0 amide bonds. The Bertz CT molecular complexity index is 624. The van der Waals surface area contributed by atoms with Crippen LogP contribution in [0.2, 0.25) is 0 Å². The van der Waals surface area contributed by atoms with Crippen molar-refractivity contribution in [3.63, 3.8) is 0 Å². The fourth-order valence-electron chi connectivity index (χ4n) is 2.61. The molecule has 2 aromatic rings. The minimum absolute atomic E-state index is 0.163. The van der Waals surface area contributed by atoms with Gasteiger partial charge in [-0.15, -0.1) is 11.3 Å². The Balaban J connectivity index is 1.58. The number of benzene rings is 1. The molecule has 4 nitrogen and oxygen atoms in total. The molecule has 3 rings (SSSR count). The van der Waals surface area contributed by atoms with Crippen molar-refractivity contribution < 1.29 is 9.90 Å². The van der Waals surface area contributed by atoms with E-state index in [0.717, 1.165) is 25.0 Å². The Labute approximate surface area is 121 Å². The molecule has 0 radical (unpaired) electrons. The van der Waals surface area contributed by atoms with Gasteiger partial charge in [-0.1, -0.05) is 24.3 Å². The largest absolute Gasteiger partial charge is 0.476 e. The third-order valence-electron chi connectivity index (χ3n) is 3.65. The van der Waals surface area contributed by atoms with E-state index >= 15 is 0 Å². The molecule has 5 heteroatoms. The highest BCUT2D eigenvalue weighted by Crippen LogP contribution is 2.21. The molecule has 1 atom stereocenters. The molecule has 1 aromatic heterocycles. The minimum Gasteiger partial charge on any atom is -0.476 e. The summed E-state index contributed by atoms with van der Waals surface area (Å²) in [6.07, 6.45) is 3.25. The van der Waals surface area contributed by atoms with Gasteiger partial charge in [0.2, 0.25) is 5.01 Å². The van der Waals surface area contributed by atoms with Crippen LogP contribution in [0.1, 0.15) is 33.0 Å². The fraction of sp³-hybridized carbons (Fsp3) is 0.333. The number of carbonyl (C=O) groups is 1. The first-order valence-electron chi connectivity index (χ1n) is 6.70. The van der Waals surface area contributed by atoms with Gasteiger partial charge in [-0.25, -0.2) is 9.78 Å². The third kappa shape index (κ3) is 2.89. The van der Waals surface area contributed by atoms with Crippen LogP contribution in [0.5, 0.6) is 0 Å². The Morgan fingerprint density at radius 2 is 2.20 bits per heavy atom. The van der Waals surface area contributed by atoms with Crippen LogP contribution in [-0.4, -0.2) is 22.1 Å². The zero-order chi connectivity index (χ0) is 13.9. The third-order valence-corrected chi connectivity index (χ3v) is 4.53. The number of rotatable bonds is 4. The standard InChI is InChI=1S/C15H16N2O2S/c18-15(19)14-17-13(9-20-14)8-16-12-6-5-10-3-1-2-4-11(10)7-12/h1-4,9,12,16H,5-8H2,(H,18,19). The van der Waals surface area contributed by atoms with Gasteiger partial charge in [-0.2, -0.15) is 0 Å². The van der Waals surface area contributed by atoms with Crippen LogP contribution in [-0.2, 0) is 19.4 Å². The van der Waals surface area contributed by atoms with Gasteiger partial charge in [0.15, 0.2) is 0 Å². The lowest BCUT2D eigenvalue weighted by Gasteiger charge is -2.25. The van der Waals surface area contributed by atoms with Gasteiger partial charge in [-0.3, -0.25) is 0 Å². The lowest BCUT2D eigenvalue weighted by molar-refractivity contribution is 0.0696. The van der Waals surface area contributed by atoms with Crippen LogP contribution < -0.4 is 5.32 Å². The molecule has 1 aliphatic rings. The van der Waals surface area contributed by atoms with Crippen molar-refractivity contribution in [2.45, 2.75) is 31.8 Å². The average Bonchev–Trinajstić information content (AvgIpc) is 2.94. The molecule has 0 spiro atoms. The van der Waals surface area contributed by atoms with Crippen molar-refractivity contribution in [3.8, 4) is 0 Å². The van der Waals surface area contributed by atoms with Crippen molar-refractivity contribution in [1.29, 1.82) is 0 Å². The molecule has 0 saturated heterocycles. The van der Waals surface area contributed by atoms with E-state index < -0.39 is 5.97 Å². The predicted octanol–water partition coefficient (Wildman–Crippen LogP) is 2.49. The maximum Gasteiger partial charge on any atom is 0.365 e. The second kappa shape index (κ2) is 5.73. The smallest absolute Gasteiger partial charge is 0.365 e. The summed E-state index contributed by atoms with van der Waals surface area (Å²) in [5.74, 6) is -0.951. The molecule has 0 bridgehead atoms. The van der Waals surface area contributed by atoms with E-state index in [-0.39, 0.29) is 5.01 Å². The molecular weight excluding hydrogens is 272 g/mol. The summed E-state index contributed by atoms with van der Waals surface area (Å²) in [6, 6.07) is 9.01. The van der Waals surface area contributed by atoms with Gasteiger partial charge in [-0.05, 0) is 30.4 Å². The molecule has 1 aliphatic carbocycles. The lowest BCUT2D eigenvalue weighted by Crippen LogP contribution is -2.34. The molecule has 1 unspecified atom stereocenters. The normalized spacial score (nSPS) is 17.7. The Morgan fingerprint density at radius 3 is 2.95 bits per heavy atom. The number of nitrogens with one attached hydrogen (secondary N) is 1. The summed E-state index contributed by atoms with van der Waals surface area (Å²) in [7, 11) is 0. The van der Waals surface area contributed by atoms with Gasteiger partial charge in [0.1, 0.15) is 0 Å². The maximum atomic E-state index is 10.8. The van der Waals surface area contributed by atoms with Crippen molar-refractivity contribution in [2.75, 3.05) is 0 Å². The van der Waals surface area contributed by atoms with E-state index in [1.54, 1.807) is 0 Å². The van der Waals surface area contributed by atoms with Gasteiger partial charge in [0, 0.05) is 18.0 Å². The minimum atomic E-state index is -0.951. The van der Waals surface area contributed by atoms with Crippen LogP contribution in [0.3, 0.4) is 0 Å². The quantitative estimate of drug-likeness (QED) is 0.907. The SMILES string of the molecule is O=C(O)c1nc(CNC2CCc3ccccc3C2)cs1. The predicted molar refractivity (Wildman–Crippen MR) is 78.2 cm³/mol. The monoisotopic (exact) mass is 288 g/mol. The summed E-state index contributed by atoms with van der Waals surface area (Å²) < 4.78 is 0. The molecular formula is C15H16N2O2S. The number of carboxylic acids is 1. The van der Waals surface area contributed by atoms with Crippen molar-refractivity contribution in [3.05, 3.63) is 51.5 Å². The van der Waals surface area contributed by atoms with Crippen LogP contribution >= 0.6 is 11.3 Å². The van der Waals surface area contributed by atoms with Gasteiger partial charge in [0.05, 0.1) is 5.69 Å². The first-order chi connectivity index (χ1) is 9.72. The highest BCUT2D eigenvalue weighted by Gasteiger charge is 2.18. The molecule has 0 aliphatic heterocycles. The van der Waals surface area contributed by atoms with E-state index in [0.29, 0.717) is 12.6 Å². The van der Waals surface area contributed by atoms with Crippen molar-refractivity contribution in [1.82, 2.24) is 10.3 Å². The number of thiazole rings is 1. The van der Waals surface area contributed by atoms with Gasteiger partial charge < -0.3 is 10.4 Å². The van der Waals surface area contributed by atoms with Gasteiger partial charge in [0.25, 0.3) is 0 Å². The fourth-order valence-corrected chi connectivity index (χ4v) is 3.26. The highest BCUT2D eigenvalue weighted by atomic mass is 32.1. The topological polar surface area (TPSA) is 62.2 Å². The van der Waals surface area contributed by atoms with Gasteiger partial charge >= 0.3 is 5.97 Å². The zero-order valence-corrected chi connectivity index (χ0v) is 11.8.